The molecular formula is C16H21ClN2O5S. The topological polar surface area (TPSA) is 76.2 Å². The number of hydrogen-bond acceptors (Lipinski definition) is 5. The van der Waals surface area contributed by atoms with Crippen molar-refractivity contribution >= 4 is 27.5 Å². The Morgan fingerprint density at radius 2 is 1.88 bits per heavy atom. The first kappa shape index (κ1) is 18.3. The highest BCUT2D eigenvalue weighted by Gasteiger charge is 2.46. The van der Waals surface area contributed by atoms with E-state index in [0.717, 1.165) is 12.8 Å². The second-order valence-electron chi connectivity index (χ2n) is 6.22. The van der Waals surface area contributed by atoms with Gasteiger partial charge in [0.25, 0.3) is 0 Å². The molecule has 1 aromatic rings. The Bertz CT molecular complexity index is 798. The molecule has 0 N–H and O–H groups in total. The van der Waals surface area contributed by atoms with Gasteiger partial charge in [-0.2, -0.15) is 4.31 Å². The number of piperazine rings is 1. The molecular weight excluding hydrogens is 368 g/mol. The van der Waals surface area contributed by atoms with Gasteiger partial charge in [0.05, 0.1) is 19.2 Å². The Morgan fingerprint density at radius 3 is 2.52 bits per heavy atom. The maximum Gasteiger partial charge on any atom is 0.247 e. The molecule has 0 radical (unpaired) electrons. The van der Waals surface area contributed by atoms with Crippen LogP contribution in [-0.4, -0.2) is 62.9 Å². The number of hydrogen-bond donors (Lipinski definition) is 0. The molecule has 0 unspecified atom stereocenters. The van der Waals surface area contributed by atoms with Crippen molar-refractivity contribution in [1.29, 1.82) is 0 Å². The van der Waals surface area contributed by atoms with Gasteiger partial charge in [0.1, 0.15) is 22.4 Å². The van der Waals surface area contributed by atoms with Crippen molar-refractivity contribution in [2.24, 2.45) is 0 Å². The number of sulfonamides is 1. The first-order valence-electron chi connectivity index (χ1n) is 8.05. The summed E-state index contributed by atoms with van der Waals surface area (Å²) in [6, 6.07) is 1.92. The van der Waals surface area contributed by atoms with Crippen LogP contribution in [-0.2, 0) is 14.8 Å². The Kier molecular flexibility index (Phi) is 4.87. The van der Waals surface area contributed by atoms with Crippen LogP contribution in [0.5, 0.6) is 11.5 Å². The van der Waals surface area contributed by atoms with Crippen molar-refractivity contribution in [3.8, 4) is 11.5 Å². The number of rotatable bonds is 4. The zero-order valence-electron chi connectivity index (χ0n) is 14.4. The summed E-state index contributed by atoms with van der Waals surface area (Å²) >= 11 is 6.07. The molecule has 138 valence electrons. The van der Waals surface area contributed by atoms with Gasteiger partial charge >= 0.3 is 0 Å². The van der Waals surface area contributed by atoms with Crippen LogP contribution in [0.15, 0.2) is 17.0 Å². The summed E-state index contributed by atoms with van der Waals surface area (Å²) in [5.74, 6) is 0.205. The summed E-state index contributed by atoms with van der Waals surface area (Å²) in [5.41, 5.74) is 0. The molecule has 2 fully saturated rings. The van der Waals surface area contributed by atoms with E-state index >= 15 is 0 Å². The Morgan fingerprint density at radius 1 is 1.20 bits per heavy atom. The fraction of sp³-hybridized carbons (Fsp3) is 0.562. The van der Waals surface area contributed by atoms with Crippen LogP contribution in [0.4, 0.5) is 0 Å². The van der Waals surface area contributed by atoms with Gasteiger partial charge in [0.15, 0.2) is 0 Å². The number of amides is 1. The molecule has 0 spiro atoms. The number of benzene rings is 1. The van der Waals surface area contributed by atoms with Crippen LogP contribution in [0.3, 0.4) is 0 Å². The van der Waals surface area contributed by atoms with Gasteiger partial charge in [-0.3, -0.25) is 4.79 Å². The second kappa shape index (κ2) is 6.66. The quantitative estimate of drug-likeness (QED) is 0.785. The van der Waals surface area contributed by atoms with Gasteiger partial charge in [-0.25, -0.2) is 8.42 Å². The lowest BCUT2D eigenvalue weighted by Crippen LogP contribution is -2.59. The lowest BCUT2D eigenvalue weighted by molar-refractivity contribution is -0.139. The van der Waals surface area contributed by atoms with Gasteiger partial charge in [-0.15, -0.1) is 0 Å². The van der Waals surface area contributed by atoms with Gasteiger partial charge in [-0.1, -0.05) is 11.6 Å². The van der Waals surface area contributed by atoms with Crippen molar-refractivity contribution in [2.45, 2.75) is 36.7 Å². The van der Waals surface area contributed by atoms with E-state index in [1.807, 2.05) is 0 Å². The van der Waals surface area contributed by atoms with Crippen molar-refractivity contribution < 1.29 is 22.7 Å². The lowest BCUT2D eigenvalue weighted by Gasteiger charge is -2.40. The molecule has 2 heterocycles. The minimum atomic E-state index is -3.95. The fourth-order valence-electron chi connectivity index (χ4n) is 3.51. The predicted octanol–water partition coefficient (Wildman–Crippen LogP) is 1.74. The third-order valence-corrected chi connectivity index (χ3v) is 7.12. The Labute approximate surface area is 152 Å². The van der Waals surface area contributed by atoms with Crippen molar-refractivity contribution in [3.05, 3.63) is 17.2 Å². The highest BCUT2D eigenvalue weighted by atomic mass is 35.5. The van der Waals surface area contributed by atoms with Crippen LogP contribution in [0, 0.1) is 0 Å². The van der Waals surface area contributed by atoms with E-state index in [1.54, 1.807) is 11.8 Å². The van der Waals surface area contributed by atoms with Crippen LogP contribution in [0.1, 0.15) is 19.8 Å². The first-order chi connectivity index (χ1) is 11.8. The molecule has 9 heteroatoms. The largest absolute Gasteiger partial charge is 0.495 e. The zero-order valence-corrected chi connectivity index (χ0v) is 15.9. The van der Waals surface area contributed by atoms with Crippen LogP contribution >= 0.6 is 11.6 Å². The Hall–Kier alpha value is -1.51. The van der Waals surface area contributed by atoms with Gasteiger partial charge < -0.3 is 14.4 Å². The highest BCUT2D eigenvalue weighted by Crippen LogP contribution is 2.38. The molecule has 2 aliphatic rings. The van der Waals surface area contributed by atoms with E-state index in [9.17, 15) is 13.2 Å². The molecule has 1 amide bonds. The van der Waals surface area contributed by atoms with E-state index in [4.69, 9.17) is 21.1 Å². The van der Waals surface area contributed by atoms with Crippen LogP contribution in [0.2, 0.25) is 5.02 Å². The molecule has 0 saturated carbocycles. The van der Waals surface area contributed by atoms with Crippen molar-refractivity contribution in [2.75, 3.05) is 27.3 Å². The second-order valence-corrected chi connectivity index (χ2v) is 8.48. The standard InChI is InChI=1S/C16H21ClN2O5S/c1-10-16(20)18-6-4-5-11(18)9-19(10)25(21,22)15-8-13(23-2)12(17)7-14(15)24-3/h7-8,10-11H,4-6,9H2,1-3H3/t10-,11-/m1/s1. The minimum Gasteiger partial charge on any atom is -0.495 e. The normalized spacial score (nSPS) is 24.3. The van der Waals surface area contributed by atoms with Crippen LogP contribution < -0.4 is 9.47 Å². The number of methoxy groups -OCH3 is 2. The van der Waals surface area contributed by atoms with E-state index in [2.05, 4.69) is 0 Å². The maximum atomic E-state index is 13.3. The molecule has 0 aromatic heterocycles. The predicted molar refractivity (Wildman–Crippen MR) is 92.6 cm³/mol. The first-order valence-corrected chi connectivity index (χ1v) is 9.87. The third-order valence-electron chi connectivity index (χ3n) is 4.86. The van der Waals surface area contributed by atoms with E-state index in [0.29, 0.717) is 6.54 Å². The molecule has 3 rings (SSSR count). The molecule has 1 aromatic carbocycles. The zero-order chi connectivity index (χ0) is 18.4. The molecule has 25 heavy (non-hydrogen) atoms. The smallest absolute Gasteiger partial charge is 0.247 e. The number of ether oxygens (including phenoxy) is 2. The fourth-order valence-corrected chi connectivity index (χ4v) is 5.52. The minimum absolute atomic E-state index is 0.0534. The third kappa shape index (κ3) is 2.96. The van der Waals surface area contributed by atoms with Gasteiger partial charge in [-0.05, 0) is 19.8 Å². The number of carbonyl (C=O) groups is 1. The van der Waals surface area contributed by atoms with E-state index in [-0.39, 0.29) is 39.9 Å². The van der Waals surface area contributed by atoms with Gasteiger partial charge in [0, 0.05) is 31.3 Å². The average Bonchev–Trinajstić information content (AvgIpc) is 3.06. The lowest BCUT2D eigenvalue weighted by atomic mass is 10.1. The molecule has 2 saturated heterocycles. The monoisotopic (exact) mass is 388 g/mol. The van der Waals surface area contributed by atoms with Crippen molar-refractivity contribution in [1.82, 2.24) is 9.21 Å². The summed E-state index contributed by atoms with van der Waals surface area (Å²) in [4.78, 5) is 14.3. The summed E-state index contributed by atoms with van der Waals surface area (Å²) in [5, 5.41) is 0.253. The maximum absolute atomic E-state index is 13.3. The molecule has 2 atom stereocenters. The Balaban J connectivity index is 2.05. The van der Waals surface area contributed by atoms with Crippen LogP contribution in [0.25, 0.3) is 0 Å². The molecule has 2 aliphatic heterocycles. The average molecular weight is 389 g/mol. The summed E-state index contributed by atoms with van der Waals surface area (Å²) in [6.07, 6.45) is 1.71. The molecule has 0 bridgehead atoms. The van der Waals surface area contributed by atoms with Crippen molar-refractivity contribution in [3.63, 3.8) is 0 Å². The summed E-state index contributed by atoms with van der Waals surface area (Å²) in [6.45, 7) is 2.59. The number of halogens is 1. The highest BCUT2D eigenvalue weighted by molar-refractivity contribution is 7.89. The molecule has 7 nitrogen and oxygen atoms in total. The molecule has 0 aliphatic carbocycles. The van der Waals surface area contributed by atoms with E-state index in [1.165, 1.54) is 30.7 Å². The number of carbonyl (C=O) groups excluding carboxylic acids is 1. The summed E-state index contributed by atoms with van der Waals surface area (Å²) < 4.78 is 38.1. The van der Waals surface area contributed by atoms with E-state index < -0.39 is 16.1 Å². The summed E-state index contributed by atoms with van der Waals surface area (Å²) in [7, 11) is -1.17. The van der Waals surface area contributed by atoms with Gasteiger partial charge in [0.2, 0.25) is 15.9 Å². The SMILES string of the molecule is COc1cc(S(=O)(=O)N2C[C@H]3CCCN3C(=O)[C@H]2C)c(OC)cc1Cl. The number of nitrogens with zero attached hydrogens (tertiary/aromatic N) is 2. The number of fused-ring (bicyclic) bond motifs is 1.